The van der Waals surface area contributed by atoms with E-state index in [-0.39, 0.29) is 11.5 Å². The molecule has 0 unspecified atom stereocenters. The number of rotatable bonds is 5. The van der Waals surface area contributed by atoms with Gasteiger partial charge in [-0.2, -0.15) is 0 Å². The first kappa shape index (κ1) is 15.3. The molecule has 2 aliphatic rings. The monoisotopic (exact) mass is 288 g/mol. The third-order valence-corrected chi connectivity index (χ3v) is 7.23. The fourth-order valence-corrected chi connectivity index (χ4v) is 4.76. The van der Waals surface area contributed by atoms with Gasteiger partial charge in [-0.15, -0.1) is 0 Å². The van der Waals surface area contributed by atoms with Crippen LogP contribution in [0, 0.1) is 5.41 Å². The smallest absolute Gasteiger partial charge is 0.150 e. The first-order valence-electron chi connectivity index (χ1n) is 7.82. The van der Waals surface area contributed by atoms with Crippen LogP contribution in [-0.2, 0) is 9.84 Å². The van der Waals surface area contributed by atoms with Gasteiger partial charge in [0, 0.05) is 5.75 Å². The second-order valence-corrected chi connectivity index (χ2v) is 9.24. The zero-order chi connectivity index (χ0) is 14.0. The Labute approximate surface area is 117 Å². The Morgan fingerprint density at radius 2 is 1.58 bits per heavy atom. The maximum absolute atomic E-state index is 11.5. The zero-order valence-corrected chi connectivity index (χ0v) is 13.0. The van der Waals surface area contributed by atoms with Crippen LogP contribution in [0.2, 0.25) is 0 Å². The SMILES string of the molecule is CCS(=O)(=O)CCCC1(O)CCC2(CCCC2)CC1. The Balaban J connectivity index is 1.78. The molecular weight excluding hydrogens is 260 g/mol. The second-order valence-electron chi connectivity index (χ2n) is 6.77. The predicted octanol–water partition coefficient (Wildman–Crippen LogP) is 3.07. The summed E-state index contributed by atoms with van der Waals surface area (Å²) in [5.74, 6) is 0.450. The van der Waals surface area contributed by atoms with Crippen molar-refractivity contribution >= 4 is 9.84 Å². The molecule has 19 heavy (non-hydrogen) atoms. The van der Waals surface area contributed by atoms with Gasteiger partial charge in [0.2, 0.25) is 0 Å². The molecule has 2 rings (SSSR count). The first-order chi connectivity index (χ1) is 8.89. The topological polar surface area (TPSA) is 54.4 Å². The van der Waals surface area contributed by atoms with Crippen LogP contribution in [-0.4, -0.2) is 30.6 Å². The van der Waals surface area contributed by atoms with Crippen LogP contribution in [0.1, 0.15) is 71.1 Å². The molecule has 0 aliphatic heterocycles. The van der Waals surface area contributed by atoms with E-state index >= 15 is 0 Å². The third kappa shape index (κ3) is 3.94. The number of sulfone groups is 1. The molecule has 0 heterocycles. The molecule has 3 nitrogen and oxygen atoms in total. The van der Waals surface area contributed by atoms with E-state index in [1.165, 1.54) is 25.7 Å². The van der Waals surface area contributed by atoms with Gasteiger partial charge in [-0.1, -0.05) is 19.8 Å². The maximum atomic E-state index is 11.5. The van der Waals surface area contributed by atoms with Gasteiger partial charge in [0.15, 0.2) is 0 Å². The molecule has 2 saturated carbocycles. The molecule has 0 atom stereocenters. The summed E-state index contributed by atoms with van der Waals surface area (Å²) >= 11 is 0. The van der Waals surface area contributed by atoms with Gasteiger partial charge in [0.1, 0.15) is 9.84 Å². The minimum absolute atomic E-state index is 0.217. The quantitative estimate of drug-likeness (QED) is 0.846. The van der Waals surface area contributed by atoms with Gasteiger partial charge in [0.25, 0.3) is 0 Å². The largest absolute Gasteiger partial charge is 0.390 e. The van der Waals surface area contributed by atoms with Crippen molar-refractivity contribution < 1.29 is 13.5 Å². The third-order valence-electron chi connectivity index (χ3n) is 5.44. The van der Waals surface area contributed by atoms with Crippen LogP contribution in [0.5, 0.6) is 0 Å². The van der Waals surface area contributed by atoms with Crippen molar-refractivity contribution in [2.75, 3.05) is 11.5 Å². The lowest BCUT2D eigenvalue weighted by Crippen LogP contribution is -2.38. The number of hydrogen-bond acceptors (Lipinski definition) is 3. The van der Waals surface area contributed by atoms with Crippen LogP contribution in [0.4, 0.5) is 0 Å². The lowest BCUT2D eigenvalue weighted by atomic mass is 9.67. The molecule has 112 valence electrons. The summed E-state index contributed by atoms with van der Waals surface area (Å²) in [7, 11) is -2.88. The second kappa shape index (κ2) is 5.72. The van der Waals surface area contributed by atoms with Crippen LogP contribution in [0.3, 0.4) is 0 Å². The average molecular weight is 288 g/mol. The lowest BCUT2D eigenvalue weighted by Gasteiger charge is -2.42. The van der Waals surface area contributed by atoms with E-state index in [0.29, 0.717) is 18.3 Å². The Hall–Kier alpha value is -0.0900. The van der Waals surface area contributed by atoms with Gasteiger partial charge in [-0.25, -0.2) is 8.42 Å². The van der Waals surface area contributed by atoms with Gasteiger partial charge in [-0.05, 0) is 56.8 Å². The van der Waals surface area contributed by atoms with E-state index in [1.807, 2.05) is 0 Å². The maximum Gasteiger partial charge on any atom is 0.150 e. The van der Waals surface area contributed by atoms with E-state index < -0.39 is 15.4 Å². The molecule has 2 aliphatic carbocycles. The first-order valence-corrected chi connectivity index (χ1v) is 9.64. The summed E-state index contributed by atoms with van der Waals surface area (Å²) in [5.41, 5.74) is -0.0567. The minimum Gasteiger partial charge on any atom is -0.390 e. The van der Waals surface area contributed by atoms with E-state index in [9.17, 15) is 13.5 Å². The highest BCUT2D eigenvalue weighted by Gasteiger charge is 2.42. The van der Waals surface area contributed by atoms with Crippen molar-refractivity contribution in [1.82, 2.24) is 0 Å². The molecule has 0 aromatic heterocycles. The Bertz CT molecular complexity index is 384. The minimum atomic E-state index is -2.88. The van der Waals surface area contributed by atoms with Gasteiger partial charge < -0.3 is 5.11 Å². The zero-order valence-electron chi connectivity index (χ0n) is 12.2. The van der Waals surface area contributed by atoms with E-state index in [4.69, 9.17) is 0 Å². The van der Waals surface area contributed by atoms with Crippen molar-refractivity contribution in [3.8, 4) is 0 Å². The summed E-state index contributed by atoms with van der Waals surface area (Å²) in [6.45, 7) is 1.69. The molecule has 4 heteroatoms. The molecule has 0 saturated heterocycles. The van der Waals surface area contributed by atoms with Crippen molar-refractivity contribution in [3.63, 3.8) is 0 Å². The fourth-order valence-electron chi connectivity index (χ4n) is 3.89. The molecule has 0 aromatic rings. The van der Waals surface area contributed by atoms with E-state index in [2.05, 4.69) is 0 Å². The summed E-state index contributed by atoms with van der Waals surface area (Å²) in [4.78, 5) is 0. The summed E-state index contributed by atoms with van der Waals surface area (Å²) in [6.07, 6.45) is 10.7. The molecule has 2 fully saturated rings. The standard InChI is InChI=1S/C15H28O3S/c1-2-19(17,18)13-5-8-15(16)11-9-14(10-12-15)6-3-4-7-14/h16H,2-13H2,1H3. The van der Waals surface area contributed by atoms with Crippen LogP contribution in [0.25, 0.3) is 0 Å². The molecule has 1 spiro atoms. The van der Waals surface area contributed by atoms with Crippen LogP contribution in [0.15, 0.2) is 0 Å². The van der Waals surface area contributed by atoms with Crippen molar-refractivity contribution in [2.45, 2.75) is 76.7 Å². The van der Waals surface area contributed by atoms with Crippen LogP contribution < -0.4 is 0 Å². The van der Waals surface area contributed by atoms with Crippen LogP contribution >= 0.6 is 0 Å². The fraction of sp³-hybridized carbons (Fsp3) is 1.00. The van der Waals surface area contributed by atoms with Gasteiger partial charge in [0.05, 0.1) is 11.4 Å². The summed E-state index contributed by atoms with van der Waals surface area (Å²) < 4.78 is 22.9. The number of hydrogen-bond donors (Lipinski definition) is 1. The molecule has 0 amide bonds. The lowest BCUT2D eigenvalue weighted by molar-refractivity contribution is -0.0390. The highest BCUT2D eigenvalue weighted by molar-refractivity contribution is 7.91. The highest BCUT2D eigenvalue weighted by atomic mass is 32.2. The van der Waals surface area contributed by atoms with Gasteiger partial charge >= 0.3 is 0 Å². The average Bonchev–Trinajstić information content (AvgIpc) is 2.83. The van der Waals surface area contributed by atoms with E-state index in [1.54, 1.807) is 6.92 Å². The predicted molar refractivity (Wildman–Crippen MR) is 77.9 cm³/mol. The van der Waals surface area contributed by atoms with Gasteiger partial charge in [-0.3, -0.25) is 0 Å². The molecule has 0 bridgehead atoms. The number of aliphatic hydroxyl groups is 1. The van der Waals surface area contributed by atoms with Crippen molar-refractivity contribution in [2.24, 2.45) is 5.41 Å². The van der Waals surface area contributed by atoms with Crippen molar-refractivity contribution in [3.05, 3.63) is 0 Å². The normalized spacial score (nSPS) is 25.8. The highest BCUT2D eigenvalue weighted by Crippen LogP contribution is 2.51. The Morgan fingerprint density at radius 1 is 1.00 bits per heavy atom. The van der Waals surface area contributed by atoms with E-state index in [0.717, 1.165) is 25.7 Å². The summed E-state index contributed by atoms with van der Waals surface area (Å²) in [5, 5.41) is 10.6. The Kier molecular flexibility index (Phi) is 4.61. The Morgan fingerprint density at radius 3 is 2.11 bits per heavy atom. The molecular formula is C15H28O3S. The van der Waals surface area contributed by atoms with Crippen molar-refractivity contribution in [1.29, 1.82) is 0 Å². The summed E-state index contributed by atoms with van der Waals surface area (Å²) in [6, 6.07) is 0. The molecule has 0 aromatic carbocycles. The molecule has 1 N–H and O–H groups in total. The molecule has 0 radical (unpaired) electrons.